The van der Waals surface area contributed by atoms with Crippen molar-refractivity contribution < 1.29 is 9.53 Å². The SMILES string of the molecule is CCOc1ccc(Nc2ncccc2C(=O)N2CCC(C(C)N)CC2)cc1.Cl.Cl. The van der Waals surface area contributed by atoms with Gasteiger partial charge in [0.1, 0.15) is 11.6 Å². The first-order valence-electron chi connectivity index (χ1n) is 9.58. The number of pyridine rings is 1. The summed E-state index contributed by atoms with van der Waals surface area (Å²) < 4.78 is 5.46. The molecule has 1 aliphatic heterocycles. The second kappa shape index (κ2) is 11.9. The molecule has 0 saturated carbocycles. The van der Waals surface area contributed by atoms with E-state index in [1.807, 2.05) is 49.1 Å². The van der Waals surface area contributed by atoms with Gasteiger partial charge in [0.25, 0.3) is 5.91 Å². The Bertz CT molecular complexity index is 764. The van der Waals surface area contributed by atoms with Crippen molar-refractivity contribution in [2.45, 2.75) is 32.7 Å². The molecule has 1 saturated heterocycles. The van der Waals surface area contributed by atoms with Crippen LogP contribution in [0.2, 0.25) is 0 Å². The lowest BCUT2D eigenvalue weighted by Crippen LogP contribution is -2.42. The van der Waals surface area contributed by atoms with Crippen LogP contribution in [0.3, 0.4) is 0 Å². The topological polar surface area (TPSA) is 80.5 Å². The summed E-state index contributed by atoms with van der Waals surface area (Å²) in [5.41, 5.74) is 7.46. The number of benzene rings is 1. The number of carbonyl (C=O) groups excluding carboxylic acids is 1. The summed E-state index contributed by atoms with van der Waals surface area (Å²) in [6.07, 6.45) is 3.59. The number of hydrogen-bond donors (Lipinski definition) is 2. The van der Waals surface area contributed by atoms with Crippen molar-refractivity contribution in [1.29, 1.82) is 0 Å². The molecule has 0 spiro atoms. The van der Waals surface area contributed by atoms with Gasteiger partial charge in [0.2, 0.25) is 0 Å². The summed E-state index contributed by atoms with van der Waals surface area (Å²) >= 11 is 0. The van der Waals surface area contributed by atoms with Gasteiger partial charge in [-0.25, -0.2) is 4.98 Å². The third-order valence-corrected chi connectivity index (χ3v) is 5.04. The number of amides is 1. The molecule has 2 heterocycles. The molecule has 2 aromatic rings. The highest BCUT2D eigenvalue weighted by atomic mass is 35.5. The second-order valence-corrected chi connectivity index (χ2v) is 6.97. The van der Waals surface area contributed by atoms with Crippen LogP contribution in [-0.4, -0.2) is 41.5 Å². The van der Waals surface area contributed by atoms with Crippen LogP contribution >= 0.6 is 24.8 Å². The molecule has 1 fully saturated rings. The number of aromatic nitrogens is 1. The van der Waals surface area contributed by atoms with Crippen molar-refractivity contribution in [2.24, 2.45) is 11.7 Å². The lowest BCUT2D eigenvalue weighted by atomic mass is 9.90. The predicted molar refractivity (Wildman–Crippen MR) is 122 cm³/mol. The van der Waals surface area contributed by atoms with Gasteiger partial charge >= 0.3 is 0 Å². The number of likely N-dealkylation sites (tertiary alicyclic amines) is 1. The van der Waals surface area contributed by atoms with Crippen molar-refractivity contribution in [2.75, 3.05) is 25.0 Å². The van der Waals surface area contributed by atoms with E-state index in [0.29, 0.717) is 23.9 Å². The van der Waals surface area contributed by atoms with E-state index in [-0.39, 0.29) is 36.8 Å². The van der Waals surface area contributed by atoms with Crippen molar-refractivity contribution >= 4 is 42.2 Å². The maximum atomic E-state index is 13.0. The highest BCUT2D eigenvalue weighted by Gasteiger charge is 2.26. The van der Waals surface area contributed by atoms with E-state index in [9.17, 15) is 4.79 Å². The van der Waals surface area contributed by atoms with Crippen LogP contribution in [0.15, 0.2) is 42.6 Å². The average molecular weight is 441 g/mol. The molecule has 3 N–H and O–H groups in total. The fraction of sp³-hybridized carbons (Fsp3) is 0.429. The molecule has 160 valence electrons. The van der Waals surface area contributed by atoms with Crippen molar-refractivity contribution in [3.05, 3.63) is 48.2 Å². The number of anilines is 2. The van der Waals surface area contributed by atoms with Gasteiger partial charge in [-0.2, -0.15) is 0 Å². The lowest BCUT2D eigenvalue weighted by molar-refractivity contribution is 0.0681. The lowest BCUT2D eigenvalue weighted by Gasteiger charge is -2.34. The van der Waals surface area contributed by atoms with E-state index in [1.54, 1.807) is 12.3 Å². The van der Waals surface area contributed by atoms with Crippen molar-refractivity contribution in [3.8, 4) is 5.75 Å². The fourth-order valence-corrected chi connectivity index (χ4v) is 3.41. The number of nitrogens with two attached hydrogens (primary N) is 1. The zero-order chi connectivity index (χ0) is 19.2. The van der Waals surface area contributed by atoms with Gasteiger partial charge < -0.3 is 20.7 Å². The fourth-order valence-electron chi connectivity index (χ4n) is 3.41. The first kappa shape index (κ1) is 25.0. The van der Waals surface area contributed by atoms with Crippen LogP contribution in [0.4, 0.5) is 11.5 Å². The monoisotopic (exact) mass is 440 g/mol. The summed E-state index contributed by atoms with van der Waals surface area (Å²) in [6, 6.07) is 11.4. The zero-order valence-electron chi connectivity index (χ0n) is 16.8. The molecular formula is C21H30Cl2N4O2. The van der Waals surface area contributed by atoms with Crippen LogP contribution in [0.5, 0.6) is 5.75 Å². The first-order valence-corrected chi connectivity index (χ1v) is 9.58. The summed E-state index contributed by atoms with van der Waals surface area (Å²) in [6.45, 7) is 6.10. The molecule has 3 rings (SSSR count). The molecule has 1 amide bonds. The molecule has 29 heavy (non-hydrogen) atoms. The molecule has 1 atom stereocenters. The predicted octanol–water partition coefficient (Wildman–Crippen LogP) is 4.27. The van der Waals surface area contributed by atoms with Gasteiger partial charge in [-0.05, 0) is 69.0 Å². The van der Waals surface area contributed by atoms with E-state index in [4.69, 9.17) is 10.5 Å². The maximum Gasteiger partial charge on any atom is 0.257 e. The Morgan fingerprint density at radius 1 is 1.24 bits per heavy atom. The van der Waals surface area contributed by atoms with Gasteiger partial charge in [0.15, 0.2) is 0 Å². The Morgan fingerprint density at radius 3 is 2.48 bits per heavy atom. The second-order valence-electron chi connectivity index (χ2n) is 6.97. The molecule has 1 unspecified atom stereocenters. The Kier molecular flexibility index (Phi) is 10.2. The molecule has 0 bridgehead atoms. The summed E-state index contributed by atoms with van der Waals surface area (Å²) in [5.74, 6) is 1.89. The standard InChI is InChI=1S/C21H28N4O2.2ClH/c1-3-27-18-8-6-17(7-9-18)24-20-19(5-4-12-23-20)21(26)25-13-10-16(11-14-25)15(2)22;;/h4-9,12,15-16H,3,10-11,13-14,22H2,1-2H3,(H,23,24);2*1H. The van der Waals surface area contributed by atoms with Gasteiger partial charge in [0, 0.05) is 31.0 Å². The number of hydrogen-bond acceptors (Lipinski definition) is 5. The molecular weight excluding hydrogens is 411 g/mol. The first-order chi connectivity index (χ1) is 13.1. The molecule has 1 aromatic heterocycles. The molecule has 0 radical (unpaired) electrons. The molecule has 8 heteroatoms. The van der Waals surface area contributed by atoms with Crippen LogP contribution in [0.25, 0.3) is 0 Å². The number of halogens is 2. The van der Waals surface area contributed by atoms with E-state index in [0.717, 1.165) is 37.4 Å². The van der Waals surface area contributed by atoms with Crippen molar-refractivity contribution in [1.82, 2.24) is 9.88 Å². The molecule has 1 aromatic carbocycles. The Hall–Kier alpha value is -2.02. The minimum atomic E-state index is 0. The highest BCUT2D eigenvalue weighted by molar-refractivity contribution is 5.99. The zero-order valence-corrected chi connectivity index (χ0v) is 18.5. The van der Waals surface area contributed by atoms with E-state index in [1.165, 1.54) is 0 Å². The van der Waals surface area contributed by atoms with Gasteiger partial charge in [-0.1, -0.05) is 0 Å². The van der Waals surface area contributed by atoms with E-state index >= 15 is 0 Å². The maximum absolute atomic E-state index is 13.0. The number of piperidine rings is 1. The number of nitrogens with one attached hydrogen (secondary N) is 1. The highest BCUT2D eigenvalue weighted by Crippen LogP contribution is 2.25. The Labute approximate surface area is 185 Å². The number of nitrogens with zero attached hydrogens (tertiary/aromatic N) is 2. The summed E-state index contributed by atoms with van der Waals surface area (Å²) in [4.78, 5) is 19.3. The molecule has 1 aliphatic rings. The van der Waals surface area contributed by atoms with Gasteiger partial charge in [0.05, 0.1) is 12.2 Å². The summed E-state index contributed by atoms with van der Waals surface area (Å²) in [5, 5.41) is 3.25. The third-order valence-electron chi connectivity index (χ3n) is 5.04. The van der Waals surface area contributed by atoms with Crippen molar-refractivity contribution in [3.63, 3.8) is 0 Å². The minimum absolute atomic E-state index is 0. The molecule has 6 nitrogen and oxygen atoms in total. The quantitative estimate of drug-likeness (QED) is 0.700. The number of ether oxygens (including phenoxy) is 1. The van der Waals surface area contributed by atoms with Crippen LogP contribution in [0.1, 0.15) is 37.0 Å². The van der Waals surface area contributed by atoms with Gasteiger partial charge in [-0.15, -0.1) is 24.8 Å². The Morgan fingerprint density at radius 2 is 1.90 bits per heavy atom. The third kappa shape index (κ3) is 6.49. The number of carbonyl (C=O) groups is 1. The van der Waals surface area contributed by atoms with Crippen LogP contribution in [0, 0.1) is 5.92 Å². The number of rotatable bonds is 6. The summed E-state index contributed by atoms with van der Waals surface area (Å²) in [7, 11) is 0. The smallest absolute Gasteiger partial charge is 0.257 e. The molecule has 0 aliphatic carbocycles. The van der Waals surface area contributed by atoms with E-state index in [2.05, 4.69) is 10.3 Å². The van der Waals surface area contributed by atoms with E-state index < -0.39 is 0 Å². The average Bonchev–Trinajstić information content (AvgIpc) is 2.70. The van der Waals surface area contributed by atoms with Gasteiger partial charge in [-0.3, -0.25) is 4.79 Å². The van der Waals surface area contributed by atoms with Crippen LogP contribution < -0.4 is 15.8 Å². The minimum Gasteiger partial charge on any atom is -0.494 e. The largest absolute Gasteiger partial charge is 0.494 e. The normalized spacial score (nSPS) is 14.9. The van der Waals surface area contributed by atoms with Crippen LogP contribution in [-0.2, 0) is 0 Å². The Balaban J connectivity index is 0.00000210.